The highest BCUT2D eigenvalue weighted by molar-refractivity contribution is 6.68. The Morgan fingerprint density at radius 3 is 1.62 bits per heavy atom. The minimum atomic E-state index is -1.92. The van der Waals surface area contributed by atoms with Crippen LogP contribution in [0.2, 0.25) is 20.1 Å². The van der Waals surface area contributed by atoms with Gasteiger partial charge < -0.3 is 0 Å². The van der Waals surface area contributed by atoms with Crippen molar-refractivity contribution in [1.82, 2.24) is 0 Å². The van der Waals surface area contributed by atoms with Gasteiger partial charge in [0.05, 0.1) is 25.7 Å². The van der Waals surface area contributed by atoms with Crippen LogP contribution in [0.3, 0.4) is 0 Å². The third-order valence-corrected chi connectivity index (χ3v) is 4.03. The molecule has 0 aliphatic carbocycles. The standard InChI is InChI=1S/C8Cl7N/c9-4-2(1-16)3(8(13,14)15)5(10)7(12)6(4)11. The maximum atomic E-state index is 8.93. The molecule has 1 aromatic carbocycles. The van der Waals surface area contributed by atoms with Gasteiger partial charge in [-0.2, -0.15) is 5.26 Å². The van der Waals surface area contributed by atoms with Gasteiger partial charge in [0.15, 0.2) is 0 Å². The largest absolute Gasteiger partial charge is 0.218 e. The van der Waals surface area contributed by atoms with E-state index in [1.54, 1.807) is 6.07 Å². The fraction of sp³-hybridized carbons (Fsp3) is 0.125. The molecular weight excluding hydrogens is 358 g/mol. The lowest BCUT2D eigenvalue weighted by Gasteiger charge is -2.17. The molecule has 0 aromatic heterocycles. The van der Waals surface area contributed by atoms with E-state index in [2.05, 4.69) is 0 Å². The second-order valence-electron chi connectivity index (χ2n) is 2.62. The number of nitrogens with zero attached hydrogens (tertiary/aromatic N) is 1. The van der Waals surface area contributed by atoms with Gasteiger partial charge in [-0.25, -0.2) is 0 Å². The van der Waals surface area contributed by atoms with Crippen LogP contribution in [0.25, 0.3) is 0 Å². The molecule has 8 heteroatoms. The van der Waals surface area contributed by atoms with Crippen LogP contribution in [-0.4, -0.2) is 0 Å². The van der Waals surface area contributed by atoms with Gasteiger partial charge in [-0.3, -0.25) is 0 Å². The molecule has 0 radical (unpaired) electrons. The highest BCUT2D eigenvalue weighted by Crippen LogP contribution is 2.50. The van der Waals surface area contributed by atoms with Gasteiger partial charge in [0.2, 0.25) is 3.79 Å². The average molecular weight is 358 g/mol. The summed E-state index contributed by atoms with van der Waals surface area (Å²) in [5.74, 6) is 0. The van der Waals surface area contributed by atoms with Gasteiger partial charge in [0, 0.05) is 5.56 Å². The van der Waals surface area contributed by atoms with E-state index in [1.807, 2.05) is 0 Å². The Bertz CT molecular complexity index is 483. The van der Waals surface area contributed by atoms with E-state index in [1.165, 1.54) is 0 Å². The molecule has 0 bridgehead atoms. The molecule has 16 heavy (non-hydrogen) atoms. The summed E-state index contributed by atoms with van der Waals surface area (Å²) in [5.41, 5.74) is -0.192. The van der Waals surface area contributed by atoms with E-state index in [0.717, 1.165) is 0 Å². The lowest BCUT2D eigenvalue weighted by Crippen LogP contribution is -2.06. The van der Waals surface area contributed by atoms with Crippen molar-refractivity contribution in [2.45, 2.75) is 3.79 Å². The summed E-state index contributed by atoms with van der Waals surface area (Å²) in [6.07, 6.45) is 0. The number of hydrogen-bond donors (Lipinski definition) is 0. The monoisotopic (exact) mass is 355 g/mol. The molecule has 0 heterocycles. The first-order chi connectivity index (χ1) is 7.21. The topological polar surface area (TPSA) is 23.8 Å². The Kier molecular flexibility index (Phi) is 4.77. The lowest BCUT2D eigenvalue weighted by atomic mass is 10.1. The first-order valence-electron chi connectivity index (χ1n) is 3.55. The third-order valence-electron chi connectivity index (χ3n) is 1.66. The molecule has 0 unspecified atom stereocenters. The smallest absolute Gasteiger partial charge is 0.192 e. The van der Waals surface area contributed by atoms with Gasteiger partial charge in [0.1, 0.15) is 6.07 Å². The van der Waals surface area contributed by atoms with Gasteiger partial charge in [-0.05, 0) is 0 Å². The molecule has 0 fully saturated rings. The molecule has 0 saturated carbocycles. The van der Waals surface area contributed by atoms with E-state index < -0.39 is 3.79 Å². The summed E-state index contributed by atoms with van der Waals surface area (Å²) < 4.78 is -1.92. The maximum absolute atomic E-state index is 8.93. The minimum Gasteiger partial charge on any atom is -0.192 e. The normalized spacial score (nSPS) is 11.4. The number of rotatable bonds is 0. The highest BCUT2D eigenvalue weighted by atomic mass is 35.6. The van der Waals surface area contributed by atoms with Gasteiger partial charge in [-0.15, -0.1) is 0 Å². The van der Waals surface area contributed by atoms with Gasteiger partial charge in [-0.1, -0.05) is 81.2 Å². The van der Waals surface area contributed by atoms with E-state index in [-0.39, 0.29) is 31.2 Å². The molecule has 0 aliphatic rings. The Hall–Kier alpha value is 0.740. The molecule has 0 atom stereocenters. The van der Waals surface area contributed by atoms with Crippen molar-refractivity contribution in [2.75, 3.05) is 0 Å². The van der Waals surface area contributed by atoms with Crippen molar-refractivity contribution in [2.24, 2.45) is 0 Å². The predicted octanol–water partition coefficient (Wildman–Crippen LogP) is 6.00. The zero-order valence-electron chi connectivity index (χ0n) is 7.09. The van der Waals surface area contributed by atoms with E-state index in [4.69, 9.17) is 86.5 Å². The van der Waals surface area contributed by atoms with Crippen LogP contribution in [0, 0.1) is 11.3 Å². The van der Waals surface area contributed by atoms with Crippen molar-refractivity contribution in [3.63, 3.8) is 0 Å². The Balaban J connectivity index is 3.81. The first kappa shape index (κ1) is 14.8. The van der Waals surface area contributed by atoms with Gasteiger partial charge >= 0.3 is 0 Å². The first-order valence-corrected chi connectivity index (χ1v) is 6.19. The second kappa shape index (κ2) is 5.16. The quantitative estimate of drug-likeness (QED) is 0.317. The molecule has 1 aromatic rings. The Morgan fingerprint density at radius 2 is 1.25 bits per heavy atom. The summed E-state index contributed by atoms with van der Waals surface area (Å²) >= 11 is 40.3. The number of hydrogen-bond acceptors (Lipinski definition) is 1. The number of benzene rings is 1. The lowest BCUT2D eigenvalue weighted by molar-refractivity contribution is 1.22. The van der Waals surface area contributed by atoms with Crippen LogP contribution in [0.4, 0.5) is 0 Å². The zero-order valence-corrected chi connectivity index (χ0v) is 12.4. The average Bonchev–Trinajstić information content (AvgIpc) is 2.18. The molecule has 0 N–H and O–H groups in total. The second-order valence-corrected chi connectivity index (χ2v) is 6.41. The highest BCUT2D eigenvalue weighted by Gasteiger charge is 2.33. The van der Waals surface area contributed by atoms with E-state index in [9.17, 15) is 0 Å². The van der Waals surface area contributed by atoms with Crippen LogP contribution < -0.4 is 0 Å². The zero-order chi connectivity index (χ0) is 12.7. The maximum Gasteiger partial charge on any atom is 0.218 e. The third kappa shape index (κ3) is 2.60. The Labute approximate surface area is 127 Å². The molecule has 0 aliphatic heterocycles. The number of nitriles is 1. The fourth-order valence-electron chi connectivity index (χ4n) is 1.00. The molecule has 0 amide bonds. The molecule has 0 saturated heterocycles. The van der Waals surface area contributed by atoms with Crippen molar-refractivity contribution in [1.29, 1.82) is 5.26 Å². The molecular formula is C8Cl7N. The van der Waals surface area contributed by atoms with Crippen LogP contribution in [0.15, 0.2) is 0 Å². The molecule has 1 rings (SSSR count). The van der Waals surface area contributed by atoms with E-state index in [0.29, 0.717) is 0 Å². The summed E-state index contributed by atoms with van der Waals surface area (Å²) in [4.78, 5) is 0. The van der Waals surface area contributed by atoms with Crippen LogP contribution >= 0.6 is 81.2 Å². The summed E-state index contributed by atoms with van der Waals surface area (Å²) in [7, 11) is 0. The number of alkyl halides is 3. The number of halogens is 7. The summed E-state index contributed by atoms with van der Waals surface area (Å²) in [6.45, 7) is 0. The van der Waals surface area contributed by atoms with Crippen LogP contribution in [0.5, 0.6) is 0 Å². The van der Waals surface area contributed by atoms with E-state index >= 15 is 0 Å². The van der Waals surface area contributed by atoms with Crippen LogP contribution in [-0.2, 0) is 3.79 Å². The van der Waals surface area contributed by atoms with Gasteiger partial charge in [0.25, 0.3) is 0 Å². The fourth-order valence-corrected chi connectivity index (χ4v) is 2.75. The Morgan fingerprint density at radius 1 is 0.812 bits per heavy atom. The molecule has 1 nitrogen and oxygen atoms in total. The molecule has 86 valence electrons. The minimum absolute atomic E-state index is 0.0529. The summed E-state index contributed by atoms with van der Waals surface area (Å²) in [6, 6.07) is 1.77. The van der Waals surface area contributed by atoms with Crippen molar-refractivity contribution < 1.29 is 0 Å². The SMILES string of the molecule is N#Cc1c(Cl)c(Cl)c(Cl)c(Cl)c1C(Cl)(Cl)Cl. The van der Waals surface area contributed by atoms with Crippen molar-refractivity contribution in [3.05, 3.63) is 31.2 Å². The molecule has 0 spiro atoms. The van der Waals surface area contributed by atoms with Crippen LogP contribution in [0.1, 0.15) is 11.1 Å². The predicted molar refractivity (Wildman–Crippen MR) is 70.4 cm³/mol. The summed E-state index contributed by atoms with van der Waals surface area (Å²) in [5, 5.41) is 8.62. The van der Waals surface area contributed by atoms with Crippen molar-refractivity contribution in [3.8, 4) is 6.07 Å². The van der Waals surface area contributed by atoms with Crippen molar-refractivity contribution >= 4 is 81.2 Å².